The summed E-state index contributed by atoms with van der Waals surface area (Å²) in [5.74, 6) is -0.848. The van der Waals surface area contributed by atoms with E-state index in [2.05, 4.69) is 0 Å². The lowest BCUT2D eigenvalue weighted by Gasteiger charge is -2.34. The lowest BCUT2D eigenvalue weighted by Crippen LogP contribution is -2.48. The Hall–Kier alpha value is -1.48. The van der Waals surface area contributed by atoms with Crippen LogP contribution < -0.4 is 4.90 Å². The SMILES string of the molecule is O=Cc1ccc(N2CCN(S(=O)(=O)c3ccc(Cl)cc3F)CC2)s1. The summed E-state index contributed by atoms with van der Waals surface area (Å²) in [4.78, 5) is 13.0. The van der Waals surface area contributed by atoms with E-state index in [-0.39, 0.29) is 23.0 Å². The Morgan fingerprint density at radius 2 is 1.83 bits per heavy atom. The van der Waals surface area contributed by atoms with Gasteiger partial charge in [-0.1, -0.05) is 11.6 Å². The number of carbonyl (C=O) groups is 1. The molecule has 5 nitrogen and oxygen atoms in total. The van der Waals surface area contributed by atoms with Crippen LogP contribution in [0, 0.1) is 5.82 Å². The number of thiophene rings is 1. The second-order valence-corrected chi connectivity index (χ2v) is 8.70. The van der Waals surface area contributed by atoms with E-state index in [0.29, 0.717) is 18.0 Å². The van der Waals surface area contributed by atoms with Crippen molar-refractivity contribution in [3.05, 3.63) is 46.0 Å². The highest BCUT2D eigenvalue weighted by Gasteiger charge is 2.31. The lowest BCUT2D eigenvalue weighted by molar-refractivity contribution is 0.112. The fourth-order valence-electron chi connectivity index (χ4n) is 2.55. The minimum absolute atomic E-state index is 0.153. The molecule has 0 saturated carbocycles. The van der Waals surface area contributed by atoms with Gasteiger partial charge in [-0.2, -0.15) is 4.31 Å². The molecule has 1 aromatic heterocycles. The van der Waals surface area contributed by atoms with Gasteiger partial charge in [0.25, 0.3) is 0 Å². The normalized spacial score (nSPS) is 16.3. The van der Waals surface area contributed by atoms with E-state index < -0.39 is 15.8 Å². The van der Waals surface area contributed by atoms with Crippen LogP contribution in [0.1, 0.15) is 9.67 Å². The van der Waals surface area contributed by atoms with Gasteiger partial charge in [-0.15, -0.1) is 11.3 Å². The molecule has 1 fully saturated rings. The van der Waals surface area contributed by atoms with Crippen molar-refractivity contribution < 1.29 is 17.6 Å². The molecule has 2 heterocycles. The van der Waals surface area contributed by atoms with Crippen molar-refractivity contribution in [3.8, 4) is 0 Å². The largest absolute Gasteiger partial charge is 0.361 e. The van der Waals surface area contributed by atoms with Crippen molar-refractivity contribution in [2.75, 3.05) is 31.1 Å². The summed E-state index contributed by atoms with van der Waals surface area (Å²) in [6.45, 7) is 1.46. The zero-order valence-corrected chi connectivity index (χ0v) is 14.9. The van der Waals surface area contributed by atoms with E-state index >= 15 is 0 Å². The fourth-order valence-corrected chi connectivity index (χ4v) is 5.05. The van der Waals surface area contributed by atoms with Crippen molar-refractivity contribution in [1.29, 1.82) is 0 Å². The zero-order valence-electron chi connectivity index (χ0n) is 12.5. The van der Waals surface area contributed by atoms with E-state index in [0.717, 1.165) is 17.4 Å². The standard InChI is InChI=1S/C15H14ClFN2O3S2/c16-11-1-3-14(13(17)9-11)24(21,22)19-7-5-18(6-8-19)15-4-2-12(10-20)23-15/h1-4,9-10H,5-8H2. The van der Waals surface area contributed by atoms with Crippen LogP contribution in [-0.2, 0) is 10.0 Å². The van der Waals surface area contributed by atoms with E-state index in [9.17, 15) is 17.6 Å². The smallest absolute Gasteiger partial charge is 0.246 e. The maximum Gasteiger partial charge on any atom is 0.246 e. The number of piperazine rings is 1. The summed E-state index contributed by atoms with van der Waals surface area (Å²) in [5, 5.41) is 1.08. The van der Waals surface area contributed by atoms with Crippen LogP contribution in [0.4, 0.5) is 9.39 Å². The average Bonchev–Trinajstić information content (AvgIpc) is 3.03. The molecule has 0 spiro atoms. The summed E-state index contributed by atoms with van der Waals surface area (Å²) in [5.41, 5.74) is 0. The molecule has 1 aromatic carbocycles. The first-order valence-corrected chi connectivity index (χ1v) is 9.80. The first kappa shape index (κ1) is 17.3. The zero-order chi connectivity index (χ0) is 17.3. The summed E-state index contributed by atoms with van der Waals surface area (Å²) >= 11 is 7.04. The number of benzene rings is 1. The molecule has 0 unspecified atom stereocenters. The third kappa shape index (κ3) is 3.32. The number of hydrogen-bond acceptors (Lipinski definition) is 5. The van der Waals surface area contributed by atoms with Gasteiger partial charge < -0.3 is 4.90 Å². The lowest BCUT2D eigenvalue weighted by atomic mass is 10.3. The van der Waals surface area contributed by atoms with E-state index in [4.69, 9.17) is 11.6 Å². The Kier molecular flexibility index (Phi) is 4.91. The van der Waals surface area contributed by atoms with Crippen LogP contribution in [0.5, 0.6) is 0 Å². The number of anilines is 1. The quantitative estimate of drug-likeness (QED) is 0.756. The molecule has 0 aliphatic carbocycles. The molecule has 0 amide bonds. The molecule has 128 valence electrons. The van der Waals surface area contributed by atoms with Gasteiger partial charge >= 0.3 is 0 Å². The van der Waals surface area contributed by atoms with Gasteiger partial charge in [-0.05, 0) is 30.3 Å². The molecule has 1 aliphatic rings. The van der Waals surface area contributed by atoms with Gasteiger partial charge in [0.2, 0.25) is 10.0 Å². The minimum atomic E-state index is -3.89. The van der Waals surface area contributed by atoms with Crippen molar-refractivity contribution >= 4 is 44.2 Å². The maximum atomic E-state index is 14.0. The molecule has 0 N–H and O–H groups in total. The number of hydrogen-bond donors (Lipinski definition) is 0. The maximum absolute atomic E-state index is 14.0. The van der Waals surface area contributed by atoms with Crippen LogP contribution in [0.15, 0.2) is 35.2 Å². The van der Waals surface area contributed by atoms with Gasteiger partial charge in [0.1, 0.15) is 10.7 Å². The van der Waals surface area contributed by atoms with Crippen molar-refractivity contribution in [1.82, 2.24) is 4.31 Å². The molecule has 1 aliphatic heterocycles. The number of halogens is 2. The number of nitrogens with zero attached hydrogens (tertiary/aromatic N) is 2. The number of aldehydes is 1. The van der Waals surface area contributed by atoms with Gasteiger partial charge in [-0.3, -0.25) is 4.79 Å². The van der Waals surface area contributed by atoms with Crippen LogP contribution in [0.25, 0.3) is 0 Å². The van der Waals surface area contributed by atoms with Crippen LogP contribution in [-0.4, -0.2) is 45.2 Å². The molecule has 24 heavy (non-hydrogen) atoms. The van der Waals surface area contributed by atoms with Gasteiger partial charge in [0, 0.05) is 31.2 Å². The van der Waals surface area contributed by atoms with Crippen molar-refractivity contribution in [2.45, 2.75) is 4.90 Å². The molecule has 0 radical (unpaired) electrons. The summed E-state index contributed by atoms with van der Waals surface area (Å²) in [6.07, 6.45) is 0.790. The highest BCUT2D eigenvalue weighted by atomic mass is 35.5. The van der Waals surface area contributed by atoms with E-state index in [1.54, 1.807) is 6.07 Å². The highest BCUT2D eigenvalue weighted by molar-refractivity contribution is 7.89. The summed E-state index contributed by atoms with van der Waals surface area (Å²) < 4.78 is 40.4. The molecular formula is C15H14ClFN2O3S2. The molecular weight excluding hydrogens is 375 g/mol. The molecule has 1 saturated heterocycles. The predicted octanol–water partition coefficient (Wildman–Crippen LogP) is 2.86. The molecule has 2 aromatic rings. The fraction of sp³-hybridized carbons (Fsp3) is 0.267. The van der Waals surface area contributed by atoms with Crippen molar-refractivity contribution in [2.24, 2.45) is 0 Å². The minimum Gasteiger partial charge on any atom is -0.361 e. The topological polar surface area (TPSA) is 57.7 Å². The third-order valence-corrected chi connectivity index (χ3v) is 7.03. The Bertz CT molecular complexity index is 861. The molecule has 0 bridgehead atoms. The van der Waals surface area contributed by atoms with Crippen molar-refractivity contribution in [3.63, 3.8) is 0 Å². The predicted molar refractivity (Wildman–Crippen MR) is 92.1 cm³/mol. The Morgan fingerprint density at radius 3 is 2.42 bits per heavy atom. The van der Waals surface area contributed by atoms with Gasteiger partial charge in [0.15, 0.2) is 6.29 Å². The van der Waals surface area contributed by atoms with Crippen LogP contribution >= 0.6 is 22.9 Å². The second kappa shape index (κ2) is 6.79. The van der Waals surface area contributed by atoms with Crippen LogP contribution in [0.3, 0.4) is 0 Å². The van der Waals surface area contributed by atoms with E-state index in [1.165, 1.54) is 27.8 Å². The Labute approximate surface area is 148 Å². The van der Waals surface area contributed by atoms with Crippen LogP contribution in [0.2, 0.25) is 5.02 Å². The third-order valence-electron chi connectivity index (χ3n) is 3.79. The number of sulfonamides is 1. The molecule has 3 rings (SSSR count). The van der Waals surface area contributed by atoms with Gasteiger partial charge in [-0.25, -0.2) is 12.8 Å². The number of carbonyl (C=O) groups excluding carboxylic acids is 1. The molecule has 0 atom stereocenters. The highest BCUT2D eigenvalue weighted by Crippen LogP contribution is 2.28. The second-order valence-electron chi connectivity index (χ2n) is 5.26. The summed E-state index contributed by atoms with van der Waals surface area (Å²) in [7, 11) is -3.89. The molecule has 9 heteroatoms. The van der Waals surface area contributed by atoms with E-state index in [1.807, 2.05) is 11.0 Å². The number of rotatable bonds is 4. The average molecular weight is 389 g/mol. The first-order chi connectivity index (χ1) is 11.4. The Morgan fingerprint density at radius 1 is 1.12 bits per heavy atom. The monoisotopic (exact) mass is 388 g/mol. The first-order valence-electron chi connectivity index (χ1n) is 7.17. The summed E-state index contributed by atoms with van der Waals surface area (Å²) in [6, 6.07) is 7.13. The Balaban J connectivity index is 1.74. The van der Waals surface area contributed by atoms with Gasteiger partial charge in [0.05, 0.1) is 9.88 Å².